The molecule has 0 N–H and O–H groups in total. The topological polar surface area (TPSA) is 56.5 Å². The first kappa shape index (κ1) is 14.6. The minimum Gasteiger partial charge on any atom is -0.426 e. The van der Waals surface area contributed by atoms with Gasteiger partial charge in [0.05, 0.1) is 0 Å². The van der Waals surface area contributed by atoms with E-state index in [2.05, 4.69) is 0 Å². The highest BCUT2D eigenvalue weighted by atomic mass is 35.5. The number of esters is 1. The normalized spacial score (nSPS) is 10.8. The van der Waals surface area contributed by atoms with Crippen molar-refractivity contribution < 1.29 is 13.9 Å². The van der Waals surface area contributed by atoms with Crippen LogP contribution in [0, 0.1) is 13.8 Å². The van der Waals surface area contributed by atoms with Gasteiger partial charge in [-0.05, 0) is 38.0 Å². The average Bonchev–Trinajstić information content (AvgIpc) is 2.40. The third kappa shape index (κ3) is 3.02. The minimum atomic E-state index is -0.413. The molecule has 1 aromatic heterocycles. The molecule has 0 radical (unpaired) electrons. The summed E-state index contributed by atoms with van der Waals surface area (Å²) in [5, 5.41) is 0.836. The highest BCUT2D eigenvalue weighted by Gasteiger charge is 2.12. The van der Waals surface area contributed by atoms with Gasteiger partial charge >= 0.3 is 11.6 Å². The summed E-state index contributed by atoms with van der Waals surface area (Å²) in [7, 11) is 0. The van der Waals surface area contributed by atoms with E-state index in [-0.39, 0.29) is 12.4 Å². The fraction of sp³-hybridized carbons (Fsp3) is 0.333. The molecule has 0 amide bonds. The van der Waals surface area contributed by atoms with Crippen molar-refractivity contribution in [3.8, 4) is 5.75 Å². The van der Waals surface area contributed by atoms with Crippen LogP contribution in [0.25, 0.3) is 11.0 Å². The summed E-state index contributed by atoms with van der Waals surface area (Å²) in [6.07, 6.45) is 0.833. The maximum Gasteiger partial charge on any atom is 0.336 e. The van der Waals surface area contributed by atoms with E-state index < -0.39 is 5.63 Å². The Bertz CT molecular complexity index is 703. The Balaban J connectivity index is 2.39. The lowest BCUT2D eigenvalue weighted by molar-refractivity contribution is -0.134. The number of ether oxygens (including phenoxy) is 1. The van der Waals surface area contributed by atoms with Crippen molar-refractivity contribution >= 4 is 28.5 Å². The Morgan fingerprint density at radius 1 is 1.35 bits per heavy atom. The third-order valence-corrected chi connectivity index (χ3v) is 3.32. The lowest BCUT2D eigenvalue weighted by Crippen LogP contribution is -2.09. The number of rotatable bonds is 4. The lowest BCUT2D eigenvalue weighted by atomic mass is 10.1. The van der Waals surface area contributed by atoms with Crippen LogP contribution in [0.3, 0.4) is 0 Å². The zero-order valence-corrected chi connectivity index (χ0v) is 12.1. The first-order valence-electron chi connectivity index (χ1n) is 6.33. The number of fused-ring (bicyclic) bond motifs is 1. The lowest BCUT2D eigenvalue weighted by Gasteiger charge is -2.09. The fourth-order valence-electron chi connectivity index (χ4n) is 2.00. The van der Waals surface area contributed by atoms with Crippen LogP contribution in [0.5, 0.6) is 5.75 Å². The Hall–Kier alpha value is -1.81. The number of halogens is 1. The van der Waals surface area contributed by atoms with Gasteiger partial charge in [0.15, 0.2) is 0 Å². The molecule has 2 rings (SSSR count). The number of carbonyl (C=O) groups excluding carboxylic acids is 1. The van der Waals surface area contributed by atoms with Crippen LogP contribution in [0.15, 0.2) is 27.4 Å². The molecule has 0 aliphatic heterocycles. The summed E-state index contributed by atoms with van der Waals surface area (Å²) in [5.41, 5.74) is 1.52. The van der Waals surface area contributed by atoms with Gasteiger partial charge in [-0.3, -0.25) is 4.79 Å². The second-order valence-electron chi connectivity index (χ2n) is 4.58. The maximum atomic E-state index is 11.6. The van der Waals surface area contributed by atoms with Gasteiger partial charge in [0.2, 0.25) is 0 Å². The molecule has 0 aliphatic carbocycles. The number of carbonyl (C=O) groups is 1. The molecular weight excluding hydrogens is 280 g/mol. The molecule has 1 heterocycles. The van der Waals surface area contributed by atoms with Crippen LogP contribution in [0.2, 0.25) is 0 Å². The molecule has 0 unspecified atom stereocenters. The van der Waals surface area contributed by atoms with Crippen molar-refractivity contribution in [1.82, 2.24) is 0 Å². The molecule has 0 bridgehead atoms. The van der Waals surface area contributed by atoms with Gasteiger partial charge in [-0.2, -0.15) is 0 Å². The quantitative estimate of drug-likeness (QED) is 0.376. The van der Waals surface area contributed by atoms with Crippen LogP contribution in [-0.4, -0.2) is 11.8 Å². The highest BCUT2D eigenvalue weighted by Crippen LogP contribution is 2.28. The van der Waals surface area contributed by atoms with Crippen molar-refractivity contribution in [2.45, 2.75) is 26.7 Å². The first-order chi connectivity index (χ1) is 9.52. The van der Waals surface area contributed by atoms with E-state index >= 15 is 0 Å². The number of alkyl halides is 1. The predicted octanol–water partition coefficient (Wildman–Crippen LogP) is 3.33. The van der Waals surface area contributed by atoms with Gasteiger partial charge < -0.3 is 9.15 Å². The molecule has 2 aromatic rings. The largest absolute Gasteiger partial charge is 0.426 e. The predicted molar refractivity (Wildman–Crippen MR) is 77.5 cm³/mol. The molecule has 0 saturated heterocycles. The molecule has 4 nitrogen and oxygen atoms in total. The number of hydrogen-bond donors (Lipinski definition) is 0. The van der Waals surface area contributed by atoms with Crippen molar-refractivity contribution in [3.63, 3.8) is 0 Å². The molecule has 0 spiro atoms. The molecule has 1 aromatic carbocycles. The van der Waals surface area contributed by atoms with Gasteiger partial charge in [0.1, 0.15) is 11.3 Å². The fourth-order valence-corrected chi connectivity index (χ4v) is 2.13. The molecule has 106 valence electrons. The van der Waals surface area contributed by atoms with Crippen molar-refractivity contribution in [2.75, 3.05) is 5.88 Å². The van der Waals surface area contributed by atoms with Gasteiger partial charge in [-0.25, -0.2) is 4.79 Å². The molecule has 20 heavy (non-hydrogen) atoms. The minimum absolute atomic E-state index is 0.263. The molecular formula is C15H15ClO4. The standard InChI is InChI=1S/C15H15ClO4/c1-9-8-14(18)20-15-10(2)12(6-5-11(9)15)19-13(17)4-3-7-16/h5-6,8H,3-4,7H2,1-2H3. The monoisotopic (exact) mass is 294 g/mol. The summed E-state index contributed by atoms with van der Waals surface area (Å²) in [4.78, 5) is 23.1. The van der Waals surface area contributed by atoms with Crippen LogP contribution >= 0.6 is 11.6 Å². The molecule has 0 aliphatic rings. The third-order valence-electron chi connectivity index (χ3n) is 3.06. The first-order valence-corrected chi connectivity index (χ1v) is 6.87. The van der Waals surface area contributed by atoms with E-state index in [1.54, 1.807) is 19.1 Å². The van der Waals surface area contributed by atoms with Crippen LogP contribution in [0.1, 0.15) is 24.0 Å². The average molecular weight is 295 g/mol. The van der Waals surface area contributed by atoms with Gasteiger partial charge in [0.25, 0.3) is 0 Å². The highest BCUT2D eigenvalue weighted by molar-refractivity contribution is 6.17. The Morgan fingerprint density at radius 2 is 2.10 bits per heavy atom. The Morgan fingerprint density at radius 3 is 2.80 bits per heavy atom. The van der Waals surface area contributed by atoms with Crippen LogP contribution in [-0.2, 0) is 4.79 Å². The summed E-state index contributed by atoms with van der Waals surface area (Å²) in [6, 6.07) is 4.93. The number of hydrogen-bond acceptors (Lipinski definition) is 4. The van der Waals surface area contributed by atoms with E-state index in [9.17, 15) is 9.59 Å². The molecule has 0 atom stereocenters. The smallest absolute Gasteiger partial charge is 0.336 e. The van der Waals surface area contributed by atoms with Gasteiger partial charge in [-0.15, -0.1) is 11.6 Å². The van der Waals surface area contributed by atoms with E-state index in [1.165, 1.54) is 6.07 Å². The zero-order chi connectivity index (χ0) is 14.7. The van der Waals surface area contributed by atoms with E-state index in [4.69, 9.17) is 20.8 Å². The zero-order valence-electron chi connectivity index (χ0n) is 11.4. The summed E-state index contributed by atoms with van der Waals surface area (Å²) in [6.45, 7) is 3.60. The van der Waals surface area contributed by atoms with Gasteiger partial charge in [-0.1, -0.05) is 0 Å². The second kappa shape index (κ2) is 6.09. The van der Waals surface area contributed by atoms with Crippen molar-refractivity contribution in [1.29, 1.82) is 0 Å². The maximum absolute atomic E-state index is 11.6. The van der Waals surface area contributed by atoms with E-state index in [0.717, 1.165) is 10.9 Å². The van der Waals surface area contributed by atoms with Crippen molar-refractivity contribution in [3.05, 3.63) is 39.7 Å². The molecule has 0 fully saturated rings. The molecule has 5 heteroatoms. The SMILES string of the molecule is Cc1cc(=O)oc2c(C)c(OC(=O)CCCCl)ccc12. The van der Waals surface area contributed by atoms with Crippen LogP contribution < -0.4 is 10.4 Å². The van der Waals surface area contributed by atoms with E-state index in [1.807, 2.05) is 6.92 Å². The number of aryl methyl sites for hydroxylation is 2. The second-order valence-corrected chi connectivity index (χ2v) is 4.96. The Kier molecular flexibility index (Phi) is 4.45. The van der Waals surface area contributed by atoms with Crippen molar-refractivity contribution in [2.24, 2.45) is 0 Å². The Labute approximate surface area is 121 Å². The summed E-state index contributed by atoms with van der Waals surface area (Å²) < 4.78 is 10.5. The summed E-state index contributed by atoms with van der Waals surface area (Å²) >= 11 is 5.54. The van der Waals surface area contributed by atoms with Crippen LogP contribution in [0.4, 0.5) is 0 Å². The summed E-state index contributed by atoms with van der Waals surface area (Å²) in [5.74, 6) is 0.480. The number of benzene rings is 1. The van der Waals surface area contributed by atoms with E-state index in [0.29, 0.717) is 29.2 Å². The molecule has 0 saturated carbocycles. The van der Waals surface area contributed by atoms with Gasteiger partial charge in [0, 0.05) is 29.3 Å².